The van der Waals surface area contributed by atoms with E-state index in [0.29, 0.717) is 19.5 Å². The average Bonchev–Trinajstić information content (AvgIpc) is 2.26. The Kier molecular flexibility index (Phi) is 5.36. The van der Waals surface area contributed by atoms with Crippen LogP contribution < -0.4 is 15.8 Å². The Hall–Kier alpha value is -1.55. The highest BCUT2D eigenvalue weighted by Gasteiger charge is 2.15. The van der Waals surface area contributed by atoms with Gasteiger partial charge < -0.3 is 15.8 Å². The van der Waals surface area contributed by atoms with Crippen molar-refractivity contribution >= 4 is 5.91 Å². The number of rotatable bonds is 5. The van der Waals surface area contributed by atoms with E-state index < -0.39 is 0 Å². The maximum absolute atomic E-state index is 11.4. The van der Waals surface area contributed by atoms with Crippen molar-refractivity contribution < 1.29 is 9.53 Å². The van der Waals surface area contributed by atoms with Gasteiger partial charge in [-0.05, 0) is 39.3 Å². The van der Waals surface area contributed by atoms with Gasteiger partial charge in [-0.15, -0.1) is 0 Å². The quantitative estimate of drug-likeness (QED) is 0.856. The third-order valence-corrected chi connectivity index (χ3v) is 2.49. The van der Waals surface area contributed by atoms with E-state index in [0.717, 1.165) is 16.9 Å². The highest BCUT2D eigenvalue weighted by Crippen LogP contribution is 2.24. The molecule has 0 aliphatic rings. The van der Waals surface area contributed by atoms with Gasteiger partial charge in [0.1, 0.15) is 11.4 Å². The summed E-state index contributed by atoms with van der Waals surface area (Å²) in [5.74, 6) is 0.783. The van der Waals surface area contributed by atoms with Crippen LogP contribution in [0.2, 0.25) is 0 Å². The number of carbonyl (C=O) groups is 1. The summed E-state index contributed by atoms with van der Waals surface area (Å²) >= 11 is 0. The van der Waals surface area contributed by atoms with Crippen LogP contribution in [-0.2, 0) is 11.3 Å². The third-order valence-electron chi connectivity index (χ3n) is 2.49. The third kappa shape index (κ3) is 5.75. The van der Waals surface area contributed by atoms with E-state index in [1.54, 1.807) is 0 Å². The molecule has 0 saturated carbocycles. The average molecular weight is 264 g/mol. The number of nitrogens with two attached hydrogens (primary N) is 1. The second kappa shape index (κ2) is 6.57. The zero-order valence-electron chi connectivity index (χ0n) is 12.2. The molecule has 0 aliphatic heterocycles. The largest absolute Gasteiger partial charge is 0.488 e. The van der Waals surface area contributed by atoms with Gasteiger partial charge in [-0.2, -0.15) is 0 Å². The summed E-state index contributed by atoms with van der Waals surface area (Å²) in [6.45, 7) is 8.87. The van der Waals surface area contributed by atoms with Gasteiger partial charge in [0.25, 0.3) is 0 Å². The number of amides is 1. The van der Waals surface area contributed by atoms with Crippen molar-refractivity contribution in [3.63, 3.8) is 0 Å². The Morgan fingerprint density at radius 2 is 2.05 bits per heavy atom. The van der Waals surface area contributed by atoms with Crippen LogP contribution in [0.3, 0.4) is 0 Å². The van der Waals surface area contributed by atoms with Gasteiger partial charge in [0.2, 0.25) is 5.91 Å². The summed E-state index contributed by atoms with van der Waals surface area (Å²) in [6.07, 6.45) is 0.349. The molecule has 4 heteroatoms. The van der Waals surface area contributed by atoms with Crippen molar-refractivity contribution in [2.24, 2.45) is 5.73 Å². The van der Waals surface area contributed by atoms with Gasteiger partial charge >= 0.3 is 0 Å². The van der Waals surface area contributed by atoms with Gasteiger partial charge in [-0.25, -0.2) is 0 Å². The van der Waals surface area contributed by atoms with Crippen molar-refractivity contribution in [2.75, 3.05) is 6.54 Å². The molecule has 0 heterocycles. The molecule has 1 rings (SSSR count). The number of benzene rings is 1. The molecule has 19 heavy (non-hydrogen) atoms. The van der Waals surface area contributed by atoms with Crippen molar-refractivity contribution in [3.05, 3.63) is 29.3 Å². The highest BCUT2D eigenvalue weighted by atomic mass is 16.5. The molecule has 4 nitrogen and oxygen atoms in total. The lowest BCUT2D eigenvalue weighted by Crippen LogP contribution is -2.27. The highest BCUT2D eigenvalue weighted by molar-refractivity contribution is 5.76. The number of carbonyl (C=O) groups excluding carboxylic acids is 1. The molecule has 0 aliphatic carbocycles. The number of nitrogens with one attached hydrogen (secondary N) is 1. The van der Waals surface area contributed by atoms with E-state index in [4.69, 9.17) is 10.5 Å². The van der Waals surface area contributed by atoms with E-state index in [-0.39, 0.29) is 11.5 Å². The SMILES string of the molecule is Cc1ccc(CNC(=O)CCN)c(OC(C)(C)C)c1. The molecular weight excluding hydrogens is 240 g/mol. The van der Waals surface area contributed by atoms with Crippen molar-refractivity contribution in [2.45, 2.75) is 46.3 Å². The summed E-state index contributed by atoms with van der Waals surface area (Å²) in [5, 5.41) is 2.85. The van der Waals surface area contributed by atoms with Crippen molar-refractivity contribution in [1.29, 1.82) is 0 Å². The van der Waals surface area contributed by atoms with Crippen LogP contribution in [-0.4, -0.2) is 18.1 Å². The number of hydrogen-bond donors (Lipinski definition) is 2. The lowest BCUT2D eigenvalue weighted by Gasteiger charge is -2.23. The molecule has 106 valence electrons. The molecule has 0 atom stereocenters. The summed E-state index contributed by atoms with van der Waals surface area (Å²) in [5.41, 5.74) is 7.20. The number of ether oxygens (including phenoxy) is 1. The van der Waals surface area contributed by atoms with Crippen LogP contribution in [0.1, 0.15) is 38.3 Å². The molecular formula is C15H24N2O2. The van der Waals surface area contributed by atoms with Crippen molar-refractivity contribution in [1.82, 2.24) is 5.32 Å². The number of hydrogen-bond acceptors (Lipinski definition) is 3. The summed E-state index contributed by atoms with van der Waals surface area (Å²) in [4.78, 5) is 11.4. The predicted molar refractivity (Wildman–Crippen MR) is 77.1 cm³/mol. The van der Waals surface area contributed by atoms with Gasteiger partial charge in [-0.1, -0.05) is 12.1 Å². The first-order valence-corrected chi connectivity index (χ1v) is 6.57. The summed E-state index contributed by atoms with van der Waals surface area (Å²) < 4.78 is 5.93. The molecule has 0 radical (unpaired) electrons. The van der Waals surface area contributed by atoms with Gasteiger partial charge in [0.15, 0.2) is 0 Å². The molecule has 1 amide bonds. The Morgan fingerprint density at radius 3 is 2.63 bits per heavy atom. The summed E-state index contributed by atoms with van der Waals surface area (Å²) in [6, 6.07) is 5.99. The number of aryl methyl sites for hydroxylation is 1. The van der Waals surface area contributed by atoms with Crippen LogP contribution >= 0.6 is 0 Å². The molecule has 0 aromatic heterocycles. The Bertz CT molecular complexity index is 436. The van der Waals surface area contributed by atoms with Crippen LogP contribution in [0.15, 0.2) is 18.2 Å². The van der Waals surface area contributed by atoms with Crippen LogP contribution in [0, 0.1) is 6.92 Å². The van der Waals surface area contributed by atoms with E-state index in [1.165, 1.54) is 0 Å². The second-order valence-corrected chi connectivity index (χ2v) is 5.64. The fourth-order valence-electron chi connectivity index (χ4n) is 1.65. The Morgan fingerprint density at radius 1 is 1.37 bits per heavy atom. The van der Waals surface area contributed by atoms with E-state index in [9.17, 15) is 4.79 Å². The maximum atomic E-state index is 11.4. The second-order valence-electron chi connectivity index (χ2n) is 5.64. The smallest absolute Gasteiger partial charge is 0.221 e. The molecule has 0 unspecified atom stereocenters. The molecule has 0 saturated heterocycles. The fraction of sp³-hybridized carbons (Fsp3) is 0.533. The fourth-order valence-corrected chi connectivity index (χ4v) is 1.65. The zero-order chi connectivity index (χ0) is 14.5. The molecule has 3 N–H and O–H groups in total. The monoisotopic (exact) mass is 264 g/mol. The maximum Gasteiger partial charge on any atom is 0.221 e. The lowest BCUT2D eigenvalue weighted by atomic mass is 10.1. The molecule has 1 aromatic carbocycles. The topological polar surface area (TPSA) is 64.4 Å². The molecule has 0 spiro atoms. The normalized spacial score (nSPS) is 11.2. The van der Waals surface area contributed by atoms with E-state index >= 15 is 0 Å². The predicted octanol–water partition coefficient (Wildman–Crippen LogP) is 2.14. The Balaban J connectivity index is 2.79. The zero-order valence-corrected chi connectivity index (χ0v) is 12.2. The van der Waals surface area contributed by atoms with Gasteiger partial charge in [0, 0.05) is 25.1 Å². The van der Waals surface area contributed by atoms with Crippen LogP contribution in [0.25, 0.3) is 0 Å². The van der Waals surface area contributed by atoms with E-state index in [1.807, 2.05) is 45.9 Å². The molecule has 0 bridgehead atoms. The van der Waals surface area contributed by atoms with Crippen LogP contribution in [0.5, 0.6) is 5.75 Å². The van der Waals surface area contributed by atoms with Gasteiger partial charge in [0.05, 0.1) is 0 Å². The lowest BCUT2D eigenvalue weighted by molar-refractivity contribution is -0.121. The summed E-state index contributed by atoms with van der Waals surface area (Å²) in [7, 11) is 0. The van der Waals surface area contributed by atoms with Crippen LogP contribution in [0.4, 0.5) is 0 Å². The Labute approximate surface area is 115 Å². The standard InChI is InChI=1S/C15H24N2O2/c1-11-5-6-12(10-17-14(18)7-8-16)13(9-11)19-15(2,3)4/h5-6,9H,7-8,10,16H2,1-4H3,(H,17,18). The van der Waals surface area contributed by atoms with Gasteiger partial charge in [-0.3, -0.25) is 4.79 Å². The molecule has 1 aromatic rings. The first-order valence-electron chi connectivity index (χ1n) is 6.57. The molecule has 0 fully saturated rings. The first kappa shape index (κ1) is 15.5. The minimum atomic E-state index is -0.260. The minimum absolute atomic E-state index is 0.0372. The first-order chi connectivity index (χ1) is 8.81. The van der Waals surface area contributed by atoms with E-state index in [2.05, 4.69) is 5.32 Å². The van der Waals surface area contributed by atoms with Crippen molar-refractivity contribution in [3.8, 4) is 5.75 Å². The minimum Gasteiger partial charge on any atom is -0.488 e.